The van der Waals surface area contributed by atoms with Gasteiger partial charge in [0.25, 0.3) is 0 Å². The average molecular weight is 309 g/mol. The minimum Gasteiger partial charge on any atom is -0.497 e. The van der Waals surface area contributed by atoms with Crippen molar-refractivity contribution in [1.82, 2.24) is 9.47 Å². The van der Waals surface area contributed by atoms with E-state index in [-0.39, 0.29) is 0 Å². The van der Waals surface area contributed by atoms with E-state index < -0.39 is 6.10 Å². The third kappa shape index (κ3) is 4.24. The molecule has 1 heterocycles. The van der Waals surface area contributed by atoms with E-state index in [1.54, 1.807) is 7.11 Å². The number of aromatic nitrogens is 1. The number of halogens is 1. The van der Waals surface area contributed by atoms with Gasteiger partial charge in [0, 0.05) is 32.0 Å². The fourth-order valence-corrected chi connectivity index (χ4v) is 2.59. The van der Waals surface area contributed by atoms with Crippen LogP contribution in [0.15, 0.2) is 36.5 Å². The van der Waals surface area contributed by atoms with Gasteiger partial charge in [-0.25, -0.2) is 0 Å². The summed E-state index contributed by atoms with van der Waals surface area (Å²) in [6.07, 6.45) is 1.32. The number of aliphatic hydroxyl groups excluding tert-OH is 1. The maximum absolute atomic E-state index is 10.3. The van der Waals surface area contributed by atoms with E-state index in [1.807, 2.05) is 55.2 Å². The molecule has 0 bridgehead atoms. The lowest BCUT2D eigenvalue weighted by Gasteiger charge is -2.21. The lowest BCUT2D eigenvalue weighted by molar-refractivity contribution is 0.122. The van der Waals surface area contributed by atoms with Crippen LogP contribution in [0.2, 0.25) is 5.02 Å². The van der Waals surface area contributed by atoms with Crippen LogP contribution in [0.25, 0.3) is 0 Å². The summed E-state index contributed by atoms with van der Waals surface area (Å²) >= 11 is 5.98. The Morgan fingerprint density at radius 3 is 2.76 bits per heavy atom. The first kappa shape index (κ1) is 15.9. The van der Waals surface area contributed by atoms with Crippen LogP contribution in [0.3, 0.4) is 0 Å². The van der Waals surface area contributed by atoms with Gasteiger partial charge in [-0.05, 0) is 30.8 Å². The molecule has 0 saturated heterocycles. The monoisotopic (exact) mass is 308 g/mol. The number of hydrogen-bond donors (Lipinski definition) is 1. The molecule has 0 radical (unpaired) electrons. The molecule has 1 unspecified atom stereocenters. The molecule has 5 heteroatoms. The molecule has 1 aromatic carbocycles. The molecule has 1 N–H and O–H groups in total. The number of likely N-dealkylation sites (N-methyl/N-ethyl adjacent to an activating group) is 1. The number of hydrogen-bond acceptors (Lipinski definition) is 3. The SMILES string of the molecule is COc1cccc(C(O)CN(C)Cc2cc(Cl)cn2C)c1. The smallest absolute Gasteiger partial charge is 0.119 e. The van der Waals surface area contributed by atoms with Gasteiger partial charge in [-0.1, -0.05) is 23.7 Å². The van der Waals surface area contributed by atoms with Crippen molar-refractivity contribution < 1.29 is 9.84 Å². The lowest BCUT2D eigenvalue weighted by atomic mass is 10.1. The Kier molecular flexibility index (Phi) is 5.28. The fraction of sp³-hybridized carbons (Fsp3) is 0.375. The van der Waals surface area contributed by atoms with E-state index in [0.717, 1.165) is 28.6 Å². The zero-order chi connectivity index (χ0) is 15.4. The van der Waals surface area contributed by atoms with E-state index in [1.165, 1.54) is 0 Å². The highest BCUT2D eigenvalue weighted by atomic mass is 35.5. The molecule has 4 nitrogen and oxygen atoms in total. The molecule has 2 rings (SSSR count). The quantitative estimate of drug-likeness (QED) is 0.891. The van der Waals surface area contributed by atoms with Gasteiger partial charge in [-0.2, -0.15) is 0 Å². The van der Waals surface area contributed by atoms with E-state index in [2.05, 4.69) is 4.90 Å². The maximum atomic E-state index is 10.3. The highest BCUT2D eigenvalue weighted by Gasteiger charge is 2.13. The van der Waals surface area contributed by atoms with Crippen LogP contribution < -0.4 is 4.74 Å². The van der Waals surface area contributed by atoms with Crippen molar-refractivity contribution in [2.24, 2.45) is 7.05 Å². The largest absolute Gasteiger partial charge is 0.497 e. The van der Waals surface area contributed by atoms with Gasteiger partial charge >= 0.3 is 0 Å². The summed E-state index contributed by atoms with van der Waals surface area (Å²) in [5.41, 5.74) is 1.96. The minimum absolute atomic E-state index is 0.538. The molecule has 0 aliphatic heterocycles. The standard InChI is InChI=1S/C16H21ClN2O2/c1-18(10-14-8-13(17)9-19(14)2)11-16(20)12-5-4-6-15(7-12)21-3/h4-9,16,20H,10-11H2,1-3H3. The van der Waals surface area contributed by atoms with Crippen molar-refractivity contribution in [3.63, 3.8) is 0 Å². The summed E-state index contributed by atoms with van der Waals surface area (Å²) in [7, 11) is 5.56. The molecule has 1 aromatic heterocycles. The number of benzene rings is 1. The van der Waals surface area contributed by atoms with Crippen LogP contribution in [-0.2, 0) is 13.6 Å². The van der Waals surface area contributed by atoms with Gasteiger partial charge in [-0.15, -0.1) is 0 Å². The molecular weight excluding hydrogens is 288 g/mol. The predicted octanol–water partition coefficient (Wildman–Crippen LogP) is 2.85. The summed E-state index contributed by atoms with van der Waals surface area (Å²) in [5.74, 6) is 0.753. The molecule has 0 amide bonds. The molecule has 0 spiro atoms. The first-order chi connectivity index (χ1) is 9.99. The van der Waals surface area contributed by atoms with Gasteiger partial charge in [0.15, 0.2) is 0 Å². The number of nitrogens with zero attached hydrogens (tertiary/aromatic N) is 2. The second-order valence-corrected chi connectivity index (χ2v) is 5.69. The number of aryl methyl sites for hydroxylation is 1. The second-order valence-electron chi connectivity index (χ2n) is 5.25. The van der Waals surface area contributed by atoms with Crippen molar-refractivity contribution in [3.8, 4) is 5.75 Å². The molecule has 114 valence electrons. The van der Waals surface area contributed by atoms with Gasteiger partial charge in [-0.3, -0.25) is 4.90 Å². The Balaban J connectivity index is 1.98. The highest BCUT2D eigenvalue weighted by molar-refractivity contribution is 6.30. The fourth-order valence-electron chi connectivity index (χ4n) is 2.31. The Morgan fingerprint density at radius 1 is 1.38 bits per heavy atom. The average Bonchev–Trinajstić information content (AvgIpc) is 2.76. The van der Waals surface area contributed by atoms with Crippen LogP contribution in [-0.4, -0.2) is 35.3 Å². The van der Waals surface area contributed by atoms with E-state index >= 15 is 0 Å². The Hall–Kier alpha value is -1.49. The van der Waals surface area contributed by atoms with Gasteiger partial charge in [0.1, 0.15) is 5.75 Å². The normalized spacial score (nSPS) is 12.7. The molecule has 0 aliphatic carbocycles. The number of aliphatic hydroxyl groups is 1. The molecular formula is C16H21ClN2O2. The minimum atomic E-state index is -0.555. The summed E-state index contributed by atoms with van der Waals surface area (Å²) in [6.45, 7) is 1.26. The lowest BCUT2D eigenvalue weighted by Crippen LogP contribution is -2.25. The molecule has 0 aliphatic rings. The Bertz CT molecular complexity index is 598. The molecule has 0 fully saturated rings. The van der Waals surface area contributed by atoms with Crippen LogP contribution >= 0.6 is 11.6 Å². The molecule has 21 heavy (non-hydrogen) atoms. The van der Waals surface area contributed by atoms with Crippen molar-refractivity contribution in [2.75, 3.05) is 20.7 Å². The van der Waals surface area contributed by atoms with E-state index in [0.29, 0.717) is 6.54 Å². The maximum Gasteiger partial charge on any atom is 0.119 e. The third-order valence-corrected chi connectivity index (χ3v) is 3.68. The molecule has 2 aromatic rings. The number of methoxy groups -OCH3 is 1. The zero-order valence-electron chi connectivity index (χ0n) is 12.6. The van der Waals surface area contributed by atoms with Crippen LogP contribution in [0.5, 0.6) is 5.75 Å². The van der Waals surface area contributed by atoms with Crippen molar-refractivity contribution in [2.45, 2.75) is 12.6 Å². The van der Waals surface area contributed by atoms with Crippen molar-refractivity contribution in [1.29, 1.82) is 0 Å². The number of rotatable bonds is 6. The van der Waals surface area contributed by atoms with Gasteiger partial charge < -0.3 is 14.4 Å². The van der Waals surface area contributed by atoms with E-state index in [4.69, 9.17) is 16.3 Å². The van der Waals surface area contributed by atoms with Gasteiger partial charge in [0.05, 0.1) is 18.2 Å². The Labute approximate surface area is 130 Å². The van der Waals surface area contributed by atoms with Crippen LogP contribution in [0, 0.1) is 0 Å². The summed E-state index contributed by atoms with van der Waals surface area (Å²) < 4.78 is 7.18. The molecule has 0 saturated carbocycles. The first-order valence-corrected chi connectivity index (χ1v) is 7.18. The third-order valence-electron chi connectivity index (χ3n) is 3.47. The van der Waals surface area contributed by atoms with Crippen molar-refractivity contribution in [3.05, 3.63) is 52.8 Å². The van der Waals surface area contributed by atoms with Crippen molar-refractivity contribution >= 4 is 11.6 Å². The van der Waals surface area contributed by atoms with Crippen LogP contribution in [0.1, 0.15) is 17.4 Å². The number of ether oxygens (including phenoxy) is 1. The summed E-state index contributed by atoms with van der Waals surface area (Å²) in [5, 5.41) is 11.1. The topological polar surface area (TPSA) is 37.6 Å². The molecule has 1 atom stereocenters. The Morgan fingerprint density at radius 2 is 2.14 bits per heavy atom. The van der Waals surface area contributed by atoms with Gasteiger partial charge in [0.2, 0.25) is 0 Å². The first-order valence-electron chi connectivity index (χ1n) is 6.81. The summed E-state index contributed by atoms with van der Waals surface area (Å²) in [6, 6.07) is 9.45. The summed E-state index contributed by atoms with van der Waals surface area (Å²) in [4.78, 5) is 2.07. The highest BCUT2D eigenvalue weighted by Crippen LogP contribution is 2.20. The van der Waals surface area contributed by atoms with E-state index in [9.17, 15) is 5.11 Å². The predicted molar refractivity (Wildman–Crippen MR) is 84.7 cm³/mol. The van der Waals surface area contributed by atoms with Crippen LogP contribution in [0.4, 0.5) is 0 Å². The second kappa shape index (κ2) is 6.98. The zero-order valence-corrected chi connectivity index (χ0v) is 13.3.